The highest BCUT2D eigenvalue weighted by molar-refractivity contribution is 9.10. The van der Waals surface area contributed by atoms with E-state index in [0.29, 0.717) is 4.47 Å². The maximum absolute atomic E-state index is 13.7. The molecular formula is C14H9BrF3NO2. The fourth-order valence-electron chi connectivity index (χ4n) is 1.61. The molecule has 0 saturated heterocycles. The van der Waals surface area contributed by atoms with E-state index in [1.165, 1.54) is 18.2 Å². The Morgan fingerprint density at radius 1 is 1.14 bits per heavy atom. The molecule has 2 N–H and O–H groups in total. The van der Waals surface area contributed by atoms with Crippen molar-refractivity contribution in [3.05, 3.63) is 63.4 Å². The molecule has 1 amide bonds. The van der Waals surface area contributed by atoms with Crippen LogP contribution >= 0.6 is 15.9 Å². The molecule has 0 aliphatic carbocycles. The zero-order valence-corrected chi connectivity index (χ0v) is 12.1. The van der Waals surface area contributed by atoms with Crippen LogP contribution in [-0.4, -0.2) is 5.91 Å². The summed E-state index contributed by atoms with van der Waals surface area (Å²) in [5, 5.41) is 0. The van der Waals surface area contributed by atoms with E-state index in [4.69, 9.17) is 10.5 Å². The summed E-state index contributed by atoms with van der Waals surface area (Å²) in [5.41, 5.74) is 5.11. The van der Waals surface area contributed by atoms with Crippen LogP contribution in [0.25, 0.3) is 0 Å². The monoisotopic (exact) mass is 359 g/mol. The summed E-state index contributed by atoms with van der Waals surface area (Å²) in [7, 11) is 0. The van der Waals surface area contributed by atoms with E-state index < -0.39 is 23.4 Å². The number of hydrogen-bond acceptors (Lipinski definition) is 2. The van der Waals surface area contributed by atoms with Crippen molar-refractivity contribution in [2.24, 2.45) is 5.73 Å². The number of nitrogens with two attached hydrogens (primary N) is 1. The van der Waals surface area contributed by atoms with Crippen LogP contribution in [0.3, 0.4) is 0 Å². The van der Waals surface area contributed by atoms with Crippen molar-refractivity contribution < 1.29 is 22.7 Å². The second-order valence-corrected chi connectivity index (χ2v) is 5.07. The van der Waals surface area contributed by atoms with Gasteiger partial charge in [-0.2, -0.15) is 4.39 Å². The van der Waals surface area contributed by atoms with Gasteiger partial charge in [0.05, 0.1) is 0 Å². The molecule has 2 rings (SSSR count). The van der Waals surface area contributed by atoms with Gasteiger partial charge in [0.2, 0.25) is 11.7 Å². The Bertz CT molecular complexity index is 707. The molecule has 0 radical (unpaired) electrons. The fraction of sp³-hybridized carbons (Fsp3) is 0.0714. The summed E-state index contributed by atoms with van der Waals surface area (Å²) in [5.74, 6) is -4.07. The third-order valence-electron chi connectivity index (χ3n) is 2.68. The molecule has 0 atom stereocenters. The van der Waals surface area contributed by atoms with Gasteiger partial charge in [-0.1, -0.05) is 22.0 Å². The standard InChI is InChI=1S/C14H9BrF3NO2/c15-9-4-11(17)13(18)12(5-9)21-6-8-2-1-7(14(19)20)3-10(8)16/h1-5H,6H2,(H2,19,20). The predicted octanol–water partition coefficient (Wildman–Crippen LogP) is 3.54. The molecule has 0 unspecified atom stereocenters. The van der Waals surface area contributed by atoms with Crippen LogP contribution in [0.15, 0.2) is 34.8 Å². The van der Waals surface area contributed by atoms with Gasteiger partial charge in [0.25, 0.3) is 0 Å². The third-order valence-corrected chi connectivity index (χ3v) is 3.14. The second-order valence-electron chi connectivity index (χ2n) is 4.16. The van der Waals surface area contributed by atoms with Crippen molar-refractivity contribution >= 4 is 21.8 Å². The molecule has 0 aliphatic rings. The van der Waals surface area contributed by atoms with Crippen molar-refractivity contribution in [2.45, 2.75) is 6.61 Å². The van der Waals surface area contributed by atoms with E-state index in [9.17, 15) is 18.0 Å². The quantitative estimate of drug-likeness (QED) is 0.848. The number of ether oxygens (including phenoxy) is 1. The summed E-state index contributed by atoms with van der Waals surface area (Å²) in [6.45, 7) is -0.322. The number of hydrogen-bond donors (Lipinski definition) is 1. The molecule has 3 nitrogen and oxygen atoms in total. The fourth-order valence-corrected chi connectivity index (χ4v) is 2.02. The van der Waals surface area contributed by atoms with E-state index in [-0.39, 0.29) is 23.5 Å². The zero-order chi connectivity index (χ0) is 15.6. The molecule has 0 aromatic heterocycles. The van der Waals surface area contributed by atoms with Gasteiger partial charge < -0.3 is 10.5 Å². The van der Waals surface area contributed by atoms with E-state index >= 15 is 0 Å². The summed E-state index contributed by atoms with van der Waals surface area (Å²) >= 11 is 3.00. The van der Waals surface area contributed by atoms with Gasteiger partial charge in [-0.05, 0) is 24.3 Å². The molecule has 0 aliphatic heterocycles. The van der Waals surface area contributed by atoms with Crippen LogP contribution in [0.1, 0.15) is 15.9 Å². The number of halogens is 4. The van der Waals surface area contributed by atoms with E-state index in [1.807, 2.05) is 0 Å². The molecule has 110 valence electrons. The minimum atomic E-state index is -1.16. The van der Waals surface area contributed by atoms with Crippen LogP contribution in [0.2, 0.25) is 0 Å². The molecule has 0 saturated carbocycles. The van der Waals surface area contributed by atoms with Crippen LogP contribution in [0, 0.1) is 17.5 Å². The smallest absolute Gasteiger partial charge is 0.248 e. The Balaban J connectivity index is 2.19. The number of benzene rings is 2. The highest BCUT2D eigenvalue weighted by Crippen LogP contribution is 2.26. The summed E-state index contributed by atoms with van der Waals surface area (Å²) in [6, 6.07) is 5.75. The van der Waals surface area contributed by atoms with Gasteiger partial charge in [0, 0.05) is 15.6 Å². The van der Waals surface area contributed by atoms with Gasteiger partial charge in [-0.25, -0.2) is 8.78 Å². The van der Waals surface area contributed by atoms with Gasteiger partial charge >= 0.3 is 0 Å². The maximum Gasteiger partial charge on any atom is 0.248 e. The first-order chi connectivity index (χ1) is 9.88. The Morgan fingerprint density at radius 3 is 2.48 bits per heavy atom. The normalized spacial score (nSPS) is 10.5. The van der Waals surface area contributed by atoms with Crippen LogP contribution in [-0.2, 0) is 6.61 Å². The lowest BCUT2D eigenvalue weighted by atomic mass is 10.1. The van der Waals surface area contributed by atoms with Crippen molar-refractivity contribution in [2.75, 3.05) is 0 Å². The highest BCUT2D eigenvalue weighted by Gasteiger charge is 2.13. The largest absolute Gasteiger partial charge is 0.486 e. The van der Waals surface area contributed by atoms with Gasteiger partial charge in [0.1, 0.15) is 12.4 Å². The highest BCUT2D eigenvalue weighted by atomic mass is 79.9. The average Bonchev–Trinajstić information content (AvgIpc) is 2.42. The SMILES string of the molecule is NC(=O)c1ccc(COc2cc(Br)cc(F)c2F)c(F)c1. The lowest BCUT2D eigenvalue weighted by molar-refractivity contribution is 0.0999. The predicted molar refractivity (Wildman–Crippen MR) is 73.3 cm³/mol. The lowest BCUT2D eigenvalue weighted by Crippen LogP contribution is -2.12. The molecule has 0 spiro atoms. The zero-order valence-electron chi connectivity index (χ0n) is 10.5. The van der Waals surface area contributed by atoms with Gasteiger partial charge in [0.15, 0.2) is 11.6 Å². The topological polar surface area (TPSA) is 52.3 Å². The molecule has 7 heteroatoms. The van der Waals surface area contributed by atoms with Crippen molar-refractivity contribution in [1.82, 2.24) is 0 Å². The van der Waals surface area contributed by atoms with Crippen molar-refractivity contribution in [1.29, 1.82) is 0 Å². The first-order valence-electron chi connectivity index (χ1n) is 5.74. The molecule has 0 heterocycles. The van der Waals surface area contributed by atoms with Gasteiger partial charge in [-0.3, -0.25) is 4.79 Å². The number of amides is 1. The first-order valence-corrected chi connectivity index (χ1v) is 6.53. The number of carbonyl (C=O) groups is 1. The van der Waals surface area contributed by atoms with Crippen molar-refractivity contribution in [3.8, 4) is 5.75 Å². The minimum Gasteiger partial charge on any atom is -0.486 e. The second kappa shape index (κ2) is 6.17. The van der Waals surface area contributed by atoms with E-state index in [1.54, 1.807) is 0 Å². The van der Waals surface area contributed by atoms with Gasteiger partial charge in [-0.15, -0.1) is 0 Å². The molecular weight excluding hydrogens is 351 g/mol. The van der Waals surface area contributed by atoms with E-state index in [2.05, 4.69) is 15.9 Å². The Kier molecular flexibility index (Phi) is 4.52. The van der Waals surface area contributed by atoms with E-state index in [0.717, 1.165) is 12.1 Å². The number of primary amides is 1. The third kappa shape index (κ3) is 3.55. The molecule has 0 fully saturated rings. The summed E-state index contributed by atoms with van der Waals surface area (Å²) in [6.07, 6.45) is 0. The molecule has 0 bridgehead atoms. The van der Waals surface area contributed by atoms with Crippen LogP contribution in [0.5, 0.6) is 5.75 Å². The summed E-state index contributed by atoms with van der Waals surface area (Å²) in [4.78, 5) is 10.9. The summed E-state index contributed by atoms with van der Waals surface area (Å²) < 4.78 is 45.7. The van der Waals surface area contributed by atoms with Crippen LogP contribution < -0.4 is 10.5 Å². The Morgan fingerprint density at radius 2 is 1.86 bits per heavy atom. The van der Waals surface area contributed by atoms with Crippen LogP contribution in [0.4, 0.5) is 13.2 Å². The first kappa shape index (κ1) is 15.4. The Labute approximate surface area is 126 Å². The Hall–Kier alpha value is -2.02. The minimum absolute atomic E-state index is 0.0101. The molecule has 21 heavy (non-hydrogen) atoms. The molecule has 2 aromatic rings. The lowest BCUT2D eigenvalue weighted by Gasteiger charge is -2.09. The maximum atomic E-state index is 13.7. The number of rotatable bonds is 4. The molecule has 2 aromatic carbocycles. The average molecular weight is 360 g/mol. The number of carbonyl (C=O) groups excluding carboxylic acids is 1. The van der Waals surface area contributed by atoms with Crippen molar-refractivity contribution in [3.63, 3.8) is 0 Å².